The van der Waals surface area contributed by atoms with Crippen LogP contribution in [0.5, 0.6) is 0 Å². The summed E-state index contributed by atoms with van der Waals surface area (Å²) in [5.74, 6) is -0.158. The second-order valence-electron chi connectivity index (χ2n) is 5.93. The second-order valence-corrected chi connectivity index (χ2v) is 7.17. The fraction of sp³-hybridized carbons (Fsp3) is 0.263. The molecule has 4 nitrogen and oxygen atoms in total. The van der Waals surface area contributed by atoms with Gasteiger partial charge in [0.15, 0.2) is 0 Å². The van der Waals surface area contributed by atoms with Crippen molar-refractivity contribution in [2.45, 2.75) is 25.3 Å². The molecule has 0 radical (unpaired) electrons. The summed E-state index contributed by atoms with van der Waals surface area (Å²) in [4.78, 5) is 26.0. The molecule has 24 heavy (non-hydrogen) atoms. The number of benzene rings is 2. The lowest BCUT2D eigenvalue weighted by Gasteiger charge is -2.22. The third-order valence-corrected chi connectivity index (χ3v) is 4.90. The Morgan fingerprint density at radius 3 is 2.71 bits per heavy atom. The summed E-state index contributed by atoms with van der Waals surface area (Å²) in [6.07, 6.45) is -0.276. The molecule has 0 bridgehead atoms. The van der Waals surface area contributed by atoms with Gasteiger partial charge in [-0.3, -0.25) is 4.79 Å². The molecule has 1 heterocycles. The van der Waals surface area contributed by atoms with Gasteiger partial charge in [0.25, 0.3) is 0 Å². The molecule has 0 aliphatic carbocycles. The highest BCUT2D eigenvalue weighted by Gasteiger charge is 2.39. The van der Waals surface area contributed by atoms with Gasteiger partial charge in [0, 0.05) is 9.99 Å². The quantitative estimate of drug-likeness (QED) is 0.665. The monoisotopic (exact) mass is 435 g/mol. The Morgan fingerprint density at radius 2 is 2.00 bits per heavy atom. The lowest BCUT2D eigenvalue weighted by molar-refractivity contribution is -0.129. The van der Waals surface area contributed by atoms with Gasteiger partial charge in [-0.1, -0.05) is 49.4 Å². The number of hydrogen-bond acceptors (Lipinski definition) is 3. The number of halogens is 1. The lowest BCUT2D eigenvalue weighted by Crippen LogP contribution is -2.34. The van der Waals surface area contributed by atoms with E-state index in [1.165, 1.54) is 4.90 Å². The first-order chi connectivity index (χ1) is 11.6. The summed E-state index contributed by atoms with van der Waals surface area (Å²) in [5.41, 5.74) is 2.01. The maximum atomic E-state index is 12.7. The Balaban J connectivity index is 1.76. The van der Waals surface area contributed by atoms with Gasteiger partial charge in [0.2, 0.25) is 5.91 Å². The van der Waals surface area contributed by atoms with E-state index in [1.54, 1.807) is 0 Å². The Hall–Kier alpha value is -1.89. The van der Waals surface area contributed by atoms with E-state index in [2.05, 4.69) is 28.7 Å². The molecule has 1 aliphatic rings. The zero-order chi connectivity index (χ0) is 17.1. The van der Waals surface area contributed by atoms with E-state index in [9.17, 15) is 9.59 Å². The molecule has 2 aromatic carbocycles. The Bertz CT molecular complexity index is 747. The fourth-order valence-electron chi connectivity index (χ4n) is 2.91. The van der Waals surface area contributed by atoms with Crippen LogP contribution in [0.25, 0.3) is 0 Å². The highest BCUT2D eigenvalue weighted by atomic mass is 127. The molecule has 124 valence electrons. The van der Waals surface area contributed by atoms with Crippen LogP contribution in [0.1, 0.15) is 36.4 Å². The van der Waals surface area contributed by atoms with Crippen molar-refractivity contribution in [3.8, 4) is 0 Å². The van der Waals surface area contributed by atoms with E-state index in [0.29, 0.717) is 0 Å². The number of hydrogen-bond donors (Lipinski definition) is 0. The largest absolute Gasteiger partial charge is 0.446 e. The van der Waals surface area contributed by atoms with Crippen LogP contribution in [0.4, 0.5) is 4.79 Å². The number of imide groups is 1. The number of cyclic esters (lactones) is 1. The van der Waals surface area contributed by atoms with Crippen LogP contribution in [0.15, 0.2) is 54.6 Å². The maximum absolute atomic E-state index is 12.7. The maximum Gasteiger partial charge on any atom is 0.417 e. The van der Waals surface area contributed by atoms with E-state index in [-0.39, 0.29) is 30.9 Å². The van der Waals surface area contributed by atoms with Crippen molar-refractivity contribution in [3.63, 3.8) is 0 Å². The van der Waals surface area contributed by atoms with Gasteiger partial charge >= 0.3 is 6.09 Å². The van der Waals surface area contributed by atoms with Gasteiger partial charge in [-0.05, 0) is 51.8 Å². The Morgan fingerprint density at radius 1 is 1.25 bits per heavy atom. The smallest absolute Gasteiger partial charge is 0.417 e. The van der Waals surface area contributed by atoms with Crippen LogP contribution in [-0.2, 0) is 9.53 Å². The van der Waals surface area contributed by atoms with Crippen LogP contribution in [0.3, 0.4) is 0 Å². The Labute approximate surface area is 154 Å². The predicted octanol–water partition coefficient (Wildman–Crippen LogP) is 4.50. The van der Waals surface area contributed by atoms with E-state index < -0.39 is 6.09 Å². The summed E-state index contributed by atoms with van der Waals surface area (Å²) < 4.78 is 6.26. The van der Waals surface area contributed by atoms with Crippen molar-refractivity contribution in [2.24, 2.45) is 0 Å². The van der Waals surface area contributed by atoms with Crippen molar-refractivity contribution >= 4 is 34.6 Å². The molecule has 0 N–H and O–H groups in total. The molecule has 2 atom stereocenters. The van der Waals surface area contributed by atoms with Crippen LogP contribution < -0.4 is 0 Å². The van der Waals surface area contributed by atoms with Crippen LogP contribution in [0, 0.1) is 3.57 Å². The molecule has 0 saturated carbocycles. The normalized spacial score (nSPS) is 18.3. The number of carbonyl (C=O) groups excluding carboxylic acids is 2. The average molecular weight is 435 g/mol. The topological polar surface area (TPSA) is 46.6 Å². The summed E-state index contributed by atoms with van der Waals surface area (Å²) in [7, 11) is 0. The van der Waals surface area contributed by atoms with Gasteiger partial charge in [-0.25, -0.2) is 9.69 Å². The number of nitrogens with zero attached hydrogens (tertiary/aromatic N) is 1. The first-order valence-corrected chi connectivity index (χ1v) is 8.93. The highest BCUT2D eigenvalue weighted by molar-refractivity contribution is 14.1. The molecular formula is C19H18INO3. The first kappa shape index (κ1) is 17.0. The molecule has 1 aliphatic heterocycles. The third-order valence-electron chi connectivity index (χ3n) is 4.22. The van der Waals surface area contributed by atoms with E-state index in [0.717, 1.165) is 14.7 Å². The van der Waals surface area contributed by atoms with Gasteiger partial charge < -0.3 is 4.74 Å². The number of ether oxygens (including phenoxy) is 1. The first-order valence-electron chi connectivity index (χ1n) is 7.85. The molecule has 1 saturated heterocycles. The average Bonchev–Trinajstić information content (AvgIpc) is 2.97. The van der Waals surface area contributed by atoms with Crippen LogP contribution in [0.2, 0.25) is 0 Å². The molecule has 2 aromatic rings. The summed E-state index contributed by atoms with van der Waals surface area (Å²) in [6, 6.07) is 17.3. The van der Waals surface area contributed by atoms with Crippen LogP contribution in [-0.4, -0.2) is 23.5 Å². The van der Waals surface area contributed by atoms with Gasteiger partial charge in [-0.2, -0.15) is 0 Å². The number of rotatable bonds is 4. The summed E-state index contributed by atoms with van der Waals surface area (Å²) in [5, 5.41) is 0. The number of amides is 2. The Kier molecular flexibility index (Phi) is 5.18. The van der Waals surface area contributed by atoms with Gasteiger partial charge in [-0.15, -0.1) is 0 Å². The molecule has 3 rings (SSSR count). The van der Waals surface area contributed by atoms with E-state index in [4.69, 9.17) is 4.74 Å². The SMILES string of the molecule is C[C@H](CC(=O)N1C(=O)OC[C@H]1c1ccccc1)c1cccc(I)c1. The minimum Gasteiger partial charge on any atom is -0.446 e. The van der Waals surface area contributed by atoms with E-state index in [1.807, 2.05) is 55.5 Å². The molecule has 0 aromatic heterocycles. The summed E-state index contributed by atoms with van der Waals surface area (Å²) >= 11 is 2.26. The second kappa shape index (κ2) is 7.34. The molecule has 2 amide bonds. The molecule has 0 spiro atoms. The van der Waals surface area contributed by atoms with Crippen molar-refractivity contribution < 1.29 is 14.3 Å². The predicted molar refractivity (Wildman–Crippen MR) is 99.6 cm³/mol. The zero-order valence-corrected chi connectivity index (χ0v) is 15.5. The standard InChI is InChI=1S/C19H18INO3/c1-13(15-8-5-9-16(20)11-15)10-18(22)21-17(12-24-19(21)23)14-6-3-2-4-7-14/h2-9,11,13,17H,10,12H2,1H3/t13-,17+/m1/s1. The molecule has 1 fully saturated rings. The van der Waals surface area contributed by atoms with Crippen molar-refractivity contribution in [1.82, 2.24) is 4.90 Å². The lowest BCUT2D eigenvalue weighted by atomic mass is 9.96. The molecular weight excluding hydrogens is 417 g/mol. The van der Waals surface area contributed by atoms with Gasteiger partial charge in [0.05, 0.1) is 0 Å². The van der Waals surface area contributed by atoms with Crippen molar-refractivity contribution in [1.29, 1.82) is 0 Å². The molecule has 5 heteroatoms. The minimum atomic E-state index is -0.552. The molecule has 0 unspecified atom stereocenters. The summed E-state index contributed by atoms with van der Waals surface area (Å²) in [6.45, 7) is 2.22. The van der Waals surface area contributed by atoms with Crippen molar-refractivity contribution in [3.05, 3.63) is 69.3 Å². The minimum absolute atomic E-state index is 0.0389. The van der Waals surface area contributed by atoms with Crippen LogP contribution >= 0.6 is 22.6 Å². The number of carbonyl (C=O) groups is 2. The van der Waals surface area contributed by atoms with Gasteiger partial charge in [0.1, 0.15) is 12.6 Å². The fourth-order valence-corrected chi connectivity index (χ4v) is 3.48. The van der Waals surface area contributed by atoms with E-state index >= 15 is 0 Å². The van der Waals surface area contributed by atoms with Crippen molar-refractivity contribution in [2.75, 3.05) is 6.61 Å². The third kappa shape index (κ3) is 3.61. The zero-order valence-electron chi connectivity index (χ0n) is 13.3. The highest BCUT2D eigenvalue weighted by Crippen LogP contribution is 2.30.